The van der Waals surface area contributed by atoms with Gasteiger partial charge in [0.25, 0.3) is 0 Å². The van der Waals surface area contributed by atoms with Gasteiger partial charge in [-0.25, -0.2) is 4.98 Å². The first-order chi connectivity index (χ1) is 9.06. The van der Waals surface area contributed by atoms with E-state index in [-0.39, 0.29) is 5.84 Å². The number of ether oxygens (including phenoxy) is 1. The number of thiazole rings is 1. The van der Waals surface area contributed by atoms with Crippen LogP contribution in [0.25, 0.3) is 0 Å². The van der Waals surface area contributed by atoms with E-state index in [0.717, 1.165) is 21.3 Å². The number of amidine groups is 1. The molecule has 1 heterocycles. The molecule has 0 atom stereocenters. The summed E-state index contributed by atoms with van der Waals surface area (Å²) in [6.45, 7) is 2.37. The van der Waals surface area contributed by atoms with Gasteiger partial charge in [0.15, 0.2) is 0 Å². The van der Waals surface area contributed by atoms with Crippen molar-refractivity contribution in [2.45, 2.75) is 13.3 Å². The van der Waals surface area contributed by atoms with Crippen LogP contribution in [0.1, 0.15) is 15.6 Å². The molecule has 0 fully saturated rings. The van der Waals surface area contributed by atoms with E-state index in [1.807, 2.05) is 19.1 Å². The highest BCUT2D eigenvalue weighted by atomic mass is 35.5. The Balaban J connectivity index is 1.92. The van der Waals surface area contributed by atoms with E-state index in [1.54, 1.807) is 12.1 Å². The highest BCUT2D eigenvalue weighted by Crippen LogP contribution is 2.20. The van der Waals surface area contributed by atoms with E-state index in [2.05, 4.69) is 4.98 Å². The van der Waals surface area contributed by atoms with Gasteiger partial charge in [0.1, 0.15) is 11.6 Å². The minimum Gasteiger partial charge on any atom is -0.493 e. The molecule has 0 aliphatic carbocycles. The second kappa shape index (κ2) is 6.04. The third kappa shape index (κ3) is 3.68. The van der Waals surface area contributed by atoms with E-state index >= 15 is 0 Å². The van der Waals surface area contributed by atoms with E-state index < -0.39 is 0 Å². The second-order valence-electron chi connectivity index (χ2n) is 3.99. The summed E-state index contributed by atoms with van der Waals surface area (Å²) in [4.78, 5) is 5.11. The van der Waals surface area contributed by atoms with Crippen molar-refractivity contribution in [1.29, 1.82) is 5.41 Å². The SMILES string of the molecule is Cc1nc(CCOc2cccc(Cl)c2)sc1C(=N)N. The monoisotopic (exact) mass is 295 g/mol. The number of halogens is 1. The van der Waals surface area contributed by atoms with Gasteiger partial charge < -0.3 is 10.5 Å². The highest BCUT2D eigenvalue weighted by molar-refractivity contribution is 7.13. The number of nitrogens with one attached hydrogen (secondary N) is 1. The van der Waals surface area contributed by atoms with Crippen LogP contribution < -0.4 is 10.5 Å². The molecule has 4 nitrogen and oxygen atoms in total. The molecular formula is C13H14ClN3OS. The first-order valence-electron chi connectivity index (χ1n) is 5.75. The van der Waals surface area contributed by atoms with Crippen molar-refractivity contribution in [1.82, 2.24) is 4.98 Å². The molecule has 0 bridgehead atoms. The normalized spacial score (nSPS) is 10.4. The third-order valence-electron chi connectivity index (χ3n) is 2.47. The number of nitrogen functional groups attached to an aromatic ring is 1. The molecule has 2 rings (SSSR count). The van der Waals surface area contributed by atoms with Gasteiger partial charge >= 0.3 is 0 Å². The van der Waals surface area contributed by atoms with E-state index in [1.165, 1.54) is 11.3 Å². The molecular weight excluding hydrogens is 282 g/mol. The van der Waals surface area contributed by atoms with Crippen molar-refractivity contribution in [3.8, 4) is 5.75 Å². The molecule has 1 aromatic carbocycles. The number of hydrogen-bond donors (Lipinski definition) is 2. The molecule has 0 unspecified atom stereocenters. The van der Waals surface area contributed by atoms with Gasteiger partial charge in [-0.3, -0.25) is 5.41 Å². The maximum Gasteiger partial charge on any atom is 0.135 e. The second-order valence-corrected chi connectivity index (χ2v) is 5.51. The molecule has 0 radical (unpaired) electrons. The van der Waals surface area contributed by atoms with E-state index in [0.29, 0.717) is 18.1 Å². The summed E-state index contributed by atoms with van der Waals surface area (Å²) in [6.07, 6.45) is 0.686. The molecule has 0 saturated carbocycles. The third-order valence-corrected chi connectivity index (χ3v) is 3.95. The van der Waals surface area contributed by atoms with Crippen molar-refractivity contribution in [2.75, 3.05) is 6.61 Å². The van der Waals surface area contributed by atoms with Crippen molar-refractivity contribution in [3.05, 3.63) is 44.9 Å². The Hall–Kier alpha value is -1.59. The lowest BCUT2D eigenvalue weighted by molar-refractivity contribution is 0.322. The summed E-state index contributed by atoms with van der Waals surface area (Å²) in [6, 6.07) is 7.28. The minimum absolute atomic E-state index is 0.0667. The Morgan fingerprint density at radius 1 is 1.53 bits per heavy atom. The first-order valence-corrected chi connectivity index (χ1v) is 6.95. The average molecular weight is 296 g/mol. The van der Waals surface area contributed by atoms with Crippen LogP contribution in [-0.4, -0.2) is 17.4 Å². The summed E-state index contributed by atoms with van der Waals surface area (Å²) in [5.74, 6) is 0.810. The quantitative estimate of drug-likeness (QED) is 0.658. The molecule has 0 aliphatic heterocycles. The number of aromatic nitrogens is 1. The molecule has 0 aliphatic rings. The zero-order valence-corrected chi connectivity index (χ0v) is 12.0. The lowest BCUT2D eigenvalue weighted by Crippen LogP contribution is -2.10. The maximum absolute atomic E-state index is 7.43. The largest absolute Gasteiger partial charge is 0.493 e. The number of benzene rings is 1. The maximum atomic E-state index is 7.43. The zero-order valence-electron chi connectivity index (χ0n) is 10.4. The lowest BCUT2D eigenvalue weighted by atomic mass is 10.3. The van der Waals surface area contributed by atoms with Gasteiger partial charge in [-0.2, -0.15) is 0 Å². The molecule has 100 valence electrons. The van der Waals surface area contributed by atoms with Crippen molar-refractivity contribution >= 4 is 28.8 Å². The lowest BCUT2D eigenvalue weighted by Gasteiger charge is -2.04. The van der Waals surface area contributed by atoms with Crippen LogP contribution in [0, 0.1) is 12.3 Å². The predicted molar refractivity (Wildman–Crippen MR) is 78.5 cm³/mol. The zero-order chi connectivity index (χ0) is 13.8. The minimum atomic E-state index is 0.0667. The van der Waals surface area contributed by atoms with Crippen molar-refractivity contribution in [2.24, 2.45) is 5.73 Å². The Kier molecular flexibility index (Phi) is 4.39. The number of nitrogens with two attached hydrogens (primary N) is 1. The van der Waals surface area contributed by atoms with Crippen LogP contribution in [0.3, 0.4) is 0 Å². The van der Waals surface area contributed by atoms with Gasteiger partial charge in [0.2, 0.25) is 0 Å². The Morgan fingerprint density at radius 3 is 2.95 bits per heavy atom. The van der Waals surface area contributed by atoms with Crippen LogP contribution in [0.5, 0.6) is 5.75 Å². The molecule has 0 saturated heterocycles. The Bertz CT molecular complexity index is 597. The summed E-state index contributed by atoms with van der Waals surface area (Å²) >= 11 is 7.31. The summed E-state index contributed by atoms with van der Waals surface area (Å²) < 4.78 is 5.60. The van der Waals surface area contributed by atoms with Gasteiger partial charge in [-0.05, 0) is 25.1 Å². The molecule has 1 aromatic heterocycles. The van der Waals surface area contributed by atoms with Crippen LogP contribution in [0.2, 0.25) is 5.02 Å². The smallest absolute Gasteiger partial charge is 0.135 e. The molecule has 0 spiro atoms. The average Bonchev–Trinajstić information content (AvgIpc) is 2.71. The molecule has 0 amide bonds. The van der Waals surface area contributed by atoms with Crippen molar-refractivity contribution < 1.29 is 4.74 Å². The van der Waals surface area contributed by atoms with Crippen molar-refractivity contribution in [3.63, 3.8) is 0 Å². The van der Waals surface area contributed by atoms with Crippen LogP contribution in [0.4, 0.5) is 0 Å². The topological polar surface area (TPSA) is 72.0 Å². The van der Waals surface area contributed by atoms with E-state index in [4.69, 9.17) is 27.5 Å². The number of hydrogen-bond acceptors (Lipinski definition) is 4. The number of rotatable bonds is 5. The molecule has 3 N–H and O–H groups in total. The molecule has 6 heteroatoms. The summed E-state index contributed by atoms with van der Waals surface area (Å²) in [5.41, 5.74) is 6.27. The standard InChI is InChI=1S/C13H14ClN3OS/c1-8-12(13(15)16)19-11(17-8)5-6-18-10-4-2-3-9(14)7-10/h2-4,7H,5-6H2,1H3,(H3,15,16). The van der Waals surface area contributed by atoms with Crippen LogP contribution in [0.15, 0.2) is 24.3 Å². The number of aryl methyl sites for hydroxylation is 1. The van der Waals surface area contributed by atoms with Gasteiger partial charge in [0.05, 0.1) is 22.2 Å². The molecule has 2 aromatic rings. The highest BCUT2D eigenvalue weighted by Gasteiger charge is 2.09. The fourth-order valence-corrected chi connectivity index (χ4v) is 2.71. The fourth-order valence-electron chi connectivity index (χ4n) is 1.62. The fraction of sp³-hybridized carbons (Fsp3) is 0.231. The van der Waals surface area contributed by atoms with Gasteiger partial charge in [-0.15, -0.1) is 11.3 Å². The van der Waals surface area contributed by atoms with E-state index in [9.17, 15) is 0 Å². The van der Waals surface area contributed by atoms with Crippen LogP contribution >= 0.6 is 22.9 Å². The molecule has 19 heavy (non-hydrogen) atoms. The number of nitrogens with zero attached hydrogens (tertiary/aromatic N) is 1. The summed E-state index contributed by atoms with van der Waals surface area (Å²) in [5, 5.41) is 9.00. The predicted octanol–water partition coefficient (Wildman–Crippen LogP) is 3.01. The van der Waals surface area contributed by atoms with Gasteiger partial charge in [0, 0.05) is 11.4 Å². The summed E-state index contributed by atoms with van der Waals surface area (Å²) in [7, 11) is 0. The first kappa shape index (κ1) is 13.8. The van der Waals surface area contributed by atoms with Gasteiger partial charge in [-0.1, -0.05) is 17.7 Å². The Morgan fingerprint density at radius 2 is 2.32 bits per heavy atom. The Labute approximate surface area is 120 Å². The van der Waals surface area contributed by atoms with Crippen LogP contribution in [-0.2, 0) is 6.42 Å².